The van der Waals surface area contributed by atoms with Gasteiger partial charge in [-0.3, -0.25) is 0 Å². The van der Waals surface area contributed by atoms with Crippen molar-refractivity contribution < 1.29 is 9.84 Å². The zero-order valence-corrected chi connectivity index (χ0v) is 14.7. The number of allylic oxidation sites excluding steroid dienone is 2. The highest BCUT2D eigenvalue weighted by Crippen LogP contribution is 2.61. The molecule has 1 aliphatic heterocycles. The predicted molar refractivity (Wildman–Crippen MR) is 90.6 cm³/mol. The Hall–Kier alpha value is -0.600. The Balaban J connectivity index is 1.68. The number of hydrogen-bond donors (Lipinski definition) is 1. The largest absolute Gasteiger partial charge is 0.386 e. The summed E-state index contributed by atoms with van der Waals surface area (Å²) in [5, 5.41) is 9.86. The van der Waals surface area contributed by atoms with E-state index in [2.05, 4.69) is 26.5 Å². The highest BCUT2D eigenvalue weighted by Gasteiger charge is 2.56. The predicted octanol–water partition coefficient (Wildman–Crippen LogP) is 4.63. The van der Waals surface area contributed by atoms with Crippen LogP contribution in [0.5, 0.6) is 0 Å². The van der Waals surface area contributed by atoms with E-state index in [1.807, 2.05) is 19.9 Å². The lowest BCUT2D eigenvalue weighted by Crippen LogP contribution is -2.46. The standard InChI is InChI=1S/C20H32O2/c1-14-7-8-17-20(5,22-17)12-9-16-15(14)13-19(16,4)11-6-10-18(2,3)21/h6,10,15-17,21H,1,7-9,11-13H2,2-5H3/b10-6+. The maximum atomic E-state index is 9.86. The fourth-order valence-corrected chi connectivity index (χ4v) is 4.77. The summed E-state index contributed by atoms with van der Waals surface area (Å²) < 4.78 is 5.94. The quantitative estimate of drug-likeness (QED) is 0.609. The number of rotatable bonds is 3. The molecule has 3 aliphatic rings. The van der Waals surface area contributed by atoms with Crippen LogP contribution in [0, 0.1) is 17.3 Å². The summed E-state index contributed by atoms with van der Waals surface area (Å²) in [6.45, 7) is 12.8. The van der Waals surface area contributed by atoms with E-state index in [9.17, 15) is 5.11 Å². The molecule has 2 saturated carbocycles. The first-order chi connectivity index (χ1) is 10.1. The van der Waals surface area contributed by atoms with Crippen LogP contribution in [0.3, 0.4) is 0 Å². The molecule has 5 atom stereocenters. The van der Waals surface area contributed by atoms with Gasteiger partial charge in [-0.05, 0) is 76.5 Å². The molecule has 0 radical (unpaired) electrons. The van der Waals surface area contributed by atoms with Gasteiger partial charge in [-0.15, -0.1) is 0 Å². The lowest BCUT2D eigenvalue weighted by Gasteiger charge is -2.55. The summed E-state index contributed by atoms with van der Waals surface area (Å²) in [5.41, 5.74) is 1.26. The van der Waals surface area contributed by atoms with Crippen LogP contribution in [-0.2, 0) is 4.74 Å². The van der Waals surface area contributed by atoms with Crippen molar-refractivity contribution in [1.82, 2.24) is 0 Å². The first-order valence-corrected chi connectivity index (χ1v) is 8.89. The van der Waals surface area contributed by atoms with Crippen molar-refractivity contribution >= 4 is 0 Å². The Morgan fingerprint density at radius 2 is 2.09 bits per heavy atom. The van der Waals surface area contributed by atoms with E-state index in [0.717, 1.165) is 25.2 Å². The van der Waals surface area contributed by atoms with E-state index < -0.39 is 5.60 Å². The molecule has 0 aromatic rings. The van der Waals surface area contributed by atoms with E-state index in [-0.39, 0.29) is 5.60 Å². The molecule has 0 aromatic heterocycles. The number of ether oxygens (including phenoxy) is 1. The zero-order valence-electron chi connectivity index (χ0n) is 14.7. The maximum Gasteiger partial charge on any atom is 0.0920 e. The minimum atomic E-state index is -0.704. The van der Waals surface area contributed by atoms with Crippen molar-refractivity contribution in [3.8, 4) is 0 Å². The van der Waals surface area contributed by atoms with Gasteiger partial charge < -0.3 is 9.84 Å². The van der Waals surface area contributed by atoms with Crippen LogP contribution in [-0.4, -0.2) is 22.4 Å². The average molecular weight is 304 g/mol. The molecule has 2 heteroatoms. The van der Waals surface area contributed by atoms with Gasteiger partial charge in [0.05, 0.1) is 17.3 Å². The Bertz CT molecular complexity index is 486. The number of epoxide rings is 1. The van der Waals surface area contributed by atoms with Crippen LogP contribution in [0.15, 0.2) is 24.3 Å². The second kappa shape index (κ2) is 5.21. The van der Waals surface area contributed by atoms with Gasteiger partial charge in [-0.25, -0.2) is 0 Å². The molecule has 124 valence electrons. The highest BCUT2D eigenvalue weighted by atomic mass is 16.6. The van der Waals surface area contributed by atoms with Crippen LogP contribution in [0.4, 0.5) is 0 Å². The van der Waals surface area contributed by atoms with Gasteiger partial charge in [-0.2, -0.15) is 0 Å². The van der Waals surface area contributed by atoms with Gasteiger partial charge in [0.2, 0.25) is 0 Å². The third kappa shape index (κ3) is 3.05. The molecular weight excluding hydrogens is 272 g/mol. The summed E-state index contributed by atoms with van der Waals surface area (Å²) in [4.78, 5) is 0. The first kappa shape index (κ1) is 16.3. The van der Waals surface area contributed by atoms with Gasteiger partial charge in [0.15, 0.2) is 0 Å². The van der Waals surface area contributed by atoms with Gasteiger partial charge in [-0.1, -0.05) is 31.2 Å². The molecule has 0 bridgehead atoms. The Labute approximate surface area is 135 Å². The minimum absolute atomic E-state index is 0.147. The maximum absolute atomic E-state index is 9.86. The summed E-state index contributed by atoms with van der Waals surface area (Å²) in [6.07, 6.45) is 11.7. The third-order valence-corrected chi connectivity index (χ3v) is 6.42. The molecule has 5 unspecified atom stereocenters. The normalized spacial score (nSPS) is 45.3. The van der Waals surface area contributed by atoms with Crippen LogP contribution in [0.2, 0.25) is 0 Å². The number of fused-ring (bicyclic) bond motifs is 2. The van der Waals surface area contributed by atoms with Crippen molar-refractivity contribution in [1.29, 1.82) is 0 Å². The molecule has 1 N–H and O–H groups in total. The monoisotopic (exact) mass is 304 g/mol. The van der Waals surface area contributed by atoms with Gasteiger partial charge in [0, 0.05) is 0 Å². The van der Waals surface area contributed by atoms with E-state index in [4.69, 9.17) is 4.74 Å². The zero-order chi connectivity index (χ0) is 16.2. The highest BCUT2D eigenvalue weighted by molar-refractivity contribution is 5.18. The van der Waals surface area contributed by atoms with Crippen LogP contribution < -0.4 is 0 Å². The molecule has 1 saturated heterocycles. The second-order valence-corrected chi connectivity index (χ2v) is 8.99. The minimum Gasteiger partial charge on any atom is -0.386 e. The fourth-order valence-electron chi connectivity index (χ4n) is 4.77. The first-order valence-electron chi connectivity index (χ1n) is 8.89. The van der Waals surface area contributed by atoms with Crippen molar-refractivity contribution in [2.24, 2.45) is 17.3 Å². The number of aliphatic hydroxyl groups is 1. The lowest BCUT2D eigenvalue weighted by atomic mass is 9.50. The molecule has 22 heavy (non-hydrogen) atoms. The number of hydrogen-bond acceptors (Lipinski definition) is 2. The second-order valence-electron chi connectivity index (χ2n) is 8.99. The average Bonchev–Trinajstić information content (AvgIpc) is 3.01. The molecule has 0 spiro atoms. The van der Waals surface area contributed by atoms with E-state index in [1.165, 1.54) is 24.8 Å². The van der Waals surface area contributed by atoms with Crippen LogP contribution >= 0.6 is 0 Å². The SMILES string of the molecule is C=C1CCC2OC2(C)CCC2C1CC2(C)C/C=C/C(C)(C)O. The van der Waals surface area contributed by atoms with Crippen LogP contribution in [0.25, 0.3) is 0 Å². The topological polar surface area (TPSA) is 32.8 Å². The fraction of sp³-hybridized carbons (Fsp3) is 0.800. The summed E-state index contributed by atoms with van der Waals surface area (Å²) in [5.74, 6) is 1.44. The molecule has 1 heterocycles. The molecule has 0 aromatic carbocycles. The summed E-state index contributed by atoms with van der Waals surface area (Å²) >= 11 is 0. The van der Waals surface area contributed by atoms with E-state index in [0.29, 0.717) is 17.4 Å². The van der Waals surface area contributed by atoms with Crippen LogP contribution in [0.1, 0.15) is 66.2 Å². The molecule has 2 nitrogen and oxygen atoms in total. The molecular formula is C20H32O2. The lowest BCUT2D eigenvalue weighted by molar-refractivity contribution is -0.0167. The molecule has 2 aliphatic carbocycles. The van der Waals surface area contributed by atoms with Gasteiger partial charge >= 0.3 is 0 Å². The third-order valence-electron chi connectivity index (χ3n) is 6.42. The molecule has 0 amide bonds. The smallest absolute Gasteiger partial charge is 0.0920 e. The van der Waals surface area contributed by atoms with Crippen molar-refractivity contribution in [2.75, 3.05) is 0 Å². The van der Waals surface area contributed by atoms with Crippen molar-refractivity contribution in [2.45, 2.75) is 83.5 Å². The molecule has 3 rings (SSSR count). The van der Waals surface area contributed by atoms with Crippen molar-refractivity contribution in [3.05, 3.63) is 24.3 Å². The van der Waals surface area contributed by atoms with Gasteiger partial charge in [0.1, 0.15) is 0 Å². The Morgan fingerprint density at radius 3 is 2.77 bits per heavy atom. The Morgan fingerprint density at radius 1 is 1.36 bits per heavy atom. The van der Waals surface area contributed by atoms with E-state index >= 15 is 0 Å². The summed E-state index contributed by atoms with van der Waals surface area (Å²) in [6, 6.07) is 0. The van der Waals surface area contributed by atoms with E-state index in [1.54, 1.807) is 0 Å². The molecule has 3 fully saturated rings. The Kier molecular flexibility index (Phi) is 3.85. The van der Waals surface area contributed by atoms with Crippen molar-refractivity contribution in [3.63, 3.8) is 0 Å². The van der Waals surface area contributed by atoms with Gasteiger partial charge in [0.25, 0.3) is 0 Å². The summed E-state index contributed by atoms with van der Waals surface area (Å²) in [7, 11) is 0.